The van der Waals surface area contributed by atoms with Crippen LogP contribution in [-0.2, 0) is 11.2 Å². The molecule has 0 spiro atoms. The van der Waals surface area contributed by atoms with Crippen LogP contribution in [0.5, 0.6) is 0 Å². The zero-order valence-electron chi connectivity index (χ0n) is 16.5. The molecule has 3 aromatic rings. The quantitative estimate of drug-likeness (QED) is 0.659. The van der Waals surface area contributed by atoms with Crippen LogP contribution >= 0.6 is 11.3 Å². The molecule has 1 atom stereocenters. The van der Waals surface area contributed by atoms with Crippen LogP contribution in [0.15, 0.2) is 60.9 Å². The summed E-state index contributed by atoms with van der Waals surface area (Å²) in [4.78, 5) is 20.7. The number of ether oxygens (including phenoxy) is 1. The molecule has 1 saturated heterocycles. The molecule has 0 unspecified atom stereocenters. The number of benzene rings is 1. The van der Waals surface area contributed by atoms with Gasteiger partial charge in [-0.1, -0.05) is 25.1 Å². The minimum absolute atomic E-state index is 0.0597. The Balaban J connectivity index is 1.72. The second kappa shape index (κ2) is 9.31. The predicted octanol–water partition coefficient (Wildman–Crippen LogP) is 4.38. The molecule has 4 rings (SSSR count). The number of nitrogens with zero attached hydrogens (tertiary/aromatic N) is 2. The molecule has 2 aromatic heterocycles. The summed E-state index contributed by atoms with van der Waals surface area (Å²) < 4.78 is 5.58. The molecule has 0 saturated carbocycles. The maximum Gasteiger partial charge on any atom is 0.256 e. The highest BCUT2D eigenvalue weighted by atomic mass is 32.1. The topological polar surface area (TPSA) is 54.5 Å². The minimum Gasteiger partial charge on any atom is -0.379 e. The van der Waals surface area contributed by atoms with Gasteiger partial charge in [0.2, 0.25) is 0 Å². The third-order valence-electron chi connectivity index (χ3n) is 5.15. The molecule has 1 N–H and O–H groups in total. The molecule has 1 aliphatic heterocycles. The Labute approximate surface area is 175 Å². The Morgan fingerprint density at radius 3 is 2.59 bits per heavy atom. The first-order valence-corrected chi connectivity index (χ1v) is 10.8. The molecular formula is C23H25N3O2S. The predicted molar refractivity (Wildman–Crippen MR) is 117 cm³/mol. The molecule has 0 bridgehead atoms. The number of rotatable bonds is 6. The molecule has 1 fully saturated rings. The summed E-state index contributed by atoms with van der Waals surface area (Å²) in [6.07, 6.45) is 4.60. The summed E-state index contributed by atoms with van der Waals surface area (Å²) in [6, 6.07) is 15.8. The number of pyridine rings is 1. The van der Waals surface area contributed by atoms with E-state index in [1.165, 1.54) is 10.4 Å². The first-order valence-electron chi connectivity index (χ1n) is 9.97. The number of carbonyl (C=O) groups excluding carboxylic acids is 1. The maximum absolute atomic E-state index is 12.9. The first-order chi connectivity index (χ1) is 14.3. The molecule has 3 heterocycles. The van der Waals surface area contributed by atoms with E-state index >= 15 is 0 Å². The minimum atomic E-state index is -0.0770. The Bertz CT molecular complexity index is 937. The fraction of sp³-hybridized carbons (Fsp3) is 0.304. The SMILES string of the molecule is CCc1cc([C@@H](c2ccncc2)N2CCOCC2)c(NC(=O)c2ccccc2)s1. The molecule has 0 radical (unpaired) electrons. The van der Waals surface area contributed by atoms with Gasteiger partial charge in [0.15, 0.2) is 0 Å². The van der Waals surface area contributed by atoms with Crippen LogP contribution in [0.25, 0.3) is 0 Å². The van der Waals surface area contributed by atoms with Gasteiger partial charge < -0.3 is 10.1 Å². The maximum atomic E-state index is 12.9. The third-order valence-corrected chi connectivity index (χ3v) is 6.36. The van der Waals surface area contributed by atoms with E-state index < -0.39 is 0 Å². The fourth-order valence-electron chi connectivity index (χ4n) is 3.67. The number of thiophene rings is 1. The summed E-state index contributed by atoms with van der Waals surface area (Å²) in [5, 5.41) is 4.10. The highest BCUT2D eigenvalue weighted by Crippen LogP contribution is 2.39. The number of aryl methyl sites for hydroxylation is 1. The van der Waals surface area contributed by atoms with E-state index in [4.69, 9.17) is 4.74 Å². The Morgan fingerprint density at radius 2 is 1.90 bits per heavy atom. The van der Waals surface area contributed by atoms with Crippen molar-refractivity contribution in [1.29, 1.82) is 0 Å². The van der Waals surface area contributed by atoms with E-state index in [0.29, 0.717) is 5.56 Å². The number of anilines is 1. The van der Waals surface area contributed by atoms with Crippen LogP contribution in [-0.4, -0.2) is 42.1 Å². The van der Waals surface area contributed by atoms with Crippen molar-refractivity contribution in [2.24, 2.45) is 0 Å². The molecule has 1 aromatic carbocycles. The van der Waals surface area contributed by atoms with Gasteiger partial charge >= 0.3 is 0 Å². The number of carbonyl (C=O) groups is 1. The van der Waals surface area contributed by atoms with Gasteiger partial charge in [-0.25, -0.2) is 0 Å². The lowest BCUT2D eigenvalue weighted by atomic mass is 9.98. The van der Waals surface area contributed by atoms with E-state index in [0.717, 1.165) is 43.3 Å². The van der Waals surface area contributed by atoms with Gasteiger partial charge in [-0.2, -0.15) is 0 Å². The summed E-state index contributed by atoms with van der Waals surface area (Å²) >= 11 is 1.66. The van der Waals surface area contributed by atoms with Crippen LogP contribution < -0.4 is 5.32 Å². The van der Waals surface area contributed by atoms with E-state index in [1.807, 2.05) is 42.7 Å². The van der Waals surface area contributed by atoms with Gasteiger partial charge in [0.05, 0.1) is 19.3 Å². The smallest absolute Gasteiger partial charge is 0.256 e. The molecule has 150 valence electrons. The Kier molecular flexibility index (Phi) is 6.34. The molecule has 0 aliphatic carbocycles. The number of hydrogen-bond acceptors (Lipinski definition) is 5. The zero-order valence-corrected chi connectivity index (χ0v) is 17.3. The van der Waals surface area contributed by atoms with Crippen molar-refractivity contribution >= 4 is 22.2 Å². The van der Waals surface area contributed by atoms with Crippen molar-refractivity contribution in [3.8, 4) is 0 Å². The Hall–Kier alpha value is -2.54. The summed E-state index contributed by atoms with van der Waals surface area (Å²) in [7, 11) is 0. The van der Waals surface area contributed by atoms with Crippen molar-refractivity contribution in [1.82, 2.24) is 9.88 Å². The standard InChI is InChI=1S/C23H25N3O2S/c1-2-19-16-20(23(29-19)25-22(27)18-6-4-3-5-7-18)21(17-8-10-24-11-9-17)26-12-14-28-15-13-26/h3-11,16,21H,2,12-15H2,1H3,(H,25,27)/t21-/m1/s1. The van der Waals surface area contributed by atoms with Crippen LogP contribution in [0.4, 0.5) is 5.00 Å². The lowest BCUT2D eigenvalue weighted by Gasteiger charge is -2.35. The summed E-state index contributed by atoms with van der Waals surface area (Å²) in [5.41, 5.74) is 2.98. The van der Waals surface area contributed by atoms with E-state index in [-0.39, 0.29) is 11.9 Å². The number of amides is 1. The monoisotopic (exact) mass is 407 g/mol. The highest BCUT2D eigenvalue weighted by Gasteiger charge is 2.28. The molecule has 1 amide bonds. The lowest BCUT2D eigenvalue weighted by molar-refractivity contribution is 0.0241. The van der Waals surface area contributed by atoms with Crippen LogP contribution in [0, 0.1) is 0 Å². The summed E-state index contributed by atoms with van der Waals surface area (Å²) in [5.74, 6) is -0.0770. The normalized spacial score (nSPS) is 15.8. The second-order valence-corrected chi connectivity index (χ2v) is 8.14. The number of nitrogens with one attached hydrogen (secondary N) is 1. The van der Waals surface area contributed by atoms with Gasteiger partial charge in [-0.3, -0.25) is 14.7 Å². The van der Waals surface area contributed by atoms with E-state index in [9.17, 15) is 4.79 Å². The van der Waals surface area contributed by atoms with Crippen molar-refractivity contribution in [3.05, 3.63) is 82.5 Å². The Morgan fingerprint density at radius 1 is 1.17 bits per heavy atom. The highest BCUT2D eigenvalue weighted by molar-refractivity contribution is 7.16. The van der Waals surface area contributed by atoms with Gasteiger partial charge in [0.1, 0.15) is 5.00 Å². The second-order valence-electron chi connectivity index (χ2n) is 7.00. The zero-order chi connectivity index (χ0) is 20.1. The van der Waals surface area contributed by atoms with Gasteiger partial charge in [0.25, 0.3) is 5.91 Å². The van der Waals surface area contributed by atoms with Crippen molar-refractivity contribution in [2.45, 2.75) is 19.4 Å². The lowest BCUT2D eigenvalue weighted by Crippen LogP contribution is -2.39. The van der Waals surface area contributed by atoms with Crippen LogP contribution in [0.1, 0.15) is 39.3 Å². The van der Waals surface area contributed by atoms with Gasteiger partial charge in [-0.15, -0.1) is 11.3 Å². The largest absolute Gasteiger partial charge is 0.379 e. The first kappa shape index (κ1) is 19.8. The van der Waals surface area contributed by atoms with Crippen LogP contribution in [0.3, 0.4) is 0 Å². The average molecular weight is 408 g/mol. The van der Waals surface area contributed by atoms with Gasteiger partial charge in [-0.05, 0) is 42.3 Å². The molecule has 1 aliphatic rings. The third kappa shape index (κ3) is 4.56. The van der Waals surface area contributed by atoms with Gasteiger partial charge in [0, 0.05) is 41.5 Å². The molecule has 6 heteroatoms. The van der Waals surface area contributed by atoms with E-state index in [2.05, 4.69) is 40.3 Å². The van der Waals surface area contributed by atoms with Crippen molar-refractivity contribution in [3.63, 3.8) is 0 Å². The fourth-order valence-corrected chi connectivity index (χ4v) is 4.69. The molecule has 29 heavy (non-hydrogen) atoms. The molecule has 5 nitrogen and oxygen atoms in total. The summed E-state index contributed by atoms with van der Waals surface area (Å²) in [6.45, 7) is 5.30. The van der Waals surface area contributed by atoms with Crippen molar-refractivity contribution < 1.29 is 9.53 Å². The molecular weight excluding hydrogens is 382 g/mol. The van der Waals surface area contributed by atoms with E-state index in [1.54, 1.807) is 11.3 Å². The van der Waals surface area contributed by atoms with Crippen LogP contribution in [0.2, 0.25) is 0 Å². The number of morpholine rings is 1. The number of hydrogen-bond donors (Lipinski definition) is 1. The number of aromatic nitrogens is 1. The average Bonchev–Trinajstić information content (AvgIpc) is 3.18. The van der Waals surface area contributed by atoms with Crippen molar-refractivity contribution in [2.75, 3.05) is 31.6 Å².